The second-order valence-electron chi connectivity index (χ2n) is 4.10. The van der Waals surface area contributed by atoms with Crippen molar-refractivity contribution in [3.63, 3.8) is 0 Å². The van der Waals surface area contributed by atoms with Crippen LogP contribution >= 0.6 is 0 Å². The lowest BCUT2D eigenvalue weighted by atomic mass is 10.5. The lowest BCUT2D eigenvalue weighted by Crippen LogP contribution is -2.16. The first-order valence-electron chi connectivity index (χ1n) is 7.26. The zero-order chi connectivity index (χ0) is 15.6. The first-order chi connectivity index (χ1) is 10.3. The molecule has 0 unspecified atom stereocenters. The van der Waals surface area contributed by atoms with E-state index in [0.717, 1.165) is 13.0 Å². The smallest absolute Gasteiger partial charge is 0.332 e. The van der Waals surface area contributed by atoms with E-state index >= 15 is 0 Å². The van der Waals surface area contributed by atoms with Gasteiger partial charge in [-0.3, -0.25) is 0 Å². The van der Waals surface area contributed by atoms with Crippen LogP contribution < -0.4 is 0 Å². The number of hydrogen-bond donors (Lipinski definition) is 0. The van der Waals surface area contributed by atoms with E-state index in [1.54, 1.807) is 0 Å². The van der Waals surface area contributed by atoms with Gasteiger partial charge in [-0.1, -0.05) is 6.92 Å². The average molecular weight is 308 g/mol. The van der Waals surface area contributed by atoms with Crippen LogP contribution in [0.4, 0.5) is 0 Å². The van der Waals surface area contributed by atoms with Gasteiger partial charge in [0.25, 0.3) is 0 Å². The molecule has 0 rings (SSSR count). The van der Waals surface area contributed by atoms with E-state index in [4.69, 9.17) is 23.7 Å². The molecular weight excluding hydrogens is 280 g/mol. The van der Waals surface area contributed by atoms with Gasteiger partial charge < -0.3 is 28.4 Å². The zero-order valence-corrected chi connectivity index (χ0v) is 13.1. The minimum Gasteiger partial charge on any atom is -0.462 e. The maximum atomic E-state index is 10.9. The highest BCUT2D eigenvalue weighted by atomic mass is 16.6. The second kappa shape index (κ2) is 17.3. The molecule has 0 radical (unpaired) electrons. The first kappa shape index (κ1) is 20.3. The summed E-state index contributed by atoms with van der Waals surface area (Å²) in [7, 11) is 1.44. The number of carbonyl (C=O) groups excluding carboxylic acids is 1. The average Bonchev–Trinajstić information content (AvgIpc) is 2.48. The Hall–Kier alpha value is -0.730. The Kier molecular flexibility index (Phi) is 16.7. The highest BCUT2D eigenvalue weighted by Crippen LogP contribution is 1.85. The summed E-state index contributed by atoms with van der Waals surface area (Å²) in [6, 6.07) is 0. The summed E-state index contributed by atoms with van der Waals surface area (Å²) in [6.45, 7) is 6.62. The number of ether oxygens (including phenoxy) is 6. The molecule has 21 heavy (non-hydrogen) atoms. The van der Waals surface area contributed by atoms with Gasteiger partial charge in [0.15, 0.2) is 0 Å². The summed E-state index contributed by atoms with van der Waals surface area (Å²) in [5.41, 5.74) is 0. The summed E-state index contributed by atoms with van der Waals surface area (Å²) in [4.78, 5) is 10.9. The Morgan fingerprint density at radius 2 is 1.14 bits per heavy atom. The highest BCUT2D eigenvalue weighted by molar-refractivity contribution is 5.70. The molecule has 0 aromatic heterocycles. The first-order valence-corrected chi connectivity index (χ1v) is 7.26. The fraction of sp³-hybridized carbons (Fsp3) is 0.929. The van der Waals surface area contributed by atoms with E-state index in [0.29, 0.717) is 46.2 Å². The molecule has 0 aromatic carbocycles. The minimum atomic E-state index is -0.391. The van der Waals surface area contributed by atoms with Gasteiger partial charge in [0.1, 0.15) is 13.2 Å². The maximum absolute atomic E-state index is 10.9. The standard InChI is InChI=1S/C14H28O7/c1-3-4-17-5-6-18-7-8-19-9-10-20-11-12-21-14(15)13-16-2/h3-13H2,1-2H3. The van der Waals surface area contributed by atoms with Gasteiger partial charge in [0, 0.05) is 13.7 Å². The summed E-state index contributed by atoms with van der Waals surface area (Å²) < 4.78 is 30.6. The normalized spacial score (nSPS) is 10.8. The Morgan fingerprint density at radius 3 is 1.57 bits per heavy atom. The van der Waals surface area contributed by atoms with Crippen molar-refractivity contribution in [2.45, 2.75) is 13.3 Å². The van der Waals surface area contributed by atoms with Gasteiger partial charge in [-0.2, -0.15) is 0 Å². The number of esters is 1. The SMILES string of the molecule is CCCOCCOCCOCCOCCOC(=O)COC. The van der Waals surface area contributed by atoms with Crippen molar-refractivity contribution in [1.29, 1.82) is 0 Å². The predicted octanol–water partition coefficient (Wildman–Crippen LogP) is 0.652. The topological polar surface area (TPSA) is 72.5 Å². The molecule has 0 bridgehead atoms. The molecule has 0 saturated heterocycles. The summed E-state index contributed by atoms with van der Waals surface area (Å²) in [6.07, 6.45) is 1.02. The summed E-state index contributed by atoms with van der Waals surface area (Å²) in [5.74, 6) is -0.391. The van der Waals surface area contributed by atoms with E-state index in [9.17, 15) is 4.79 Å². The van der Waals surface area contributed by atoms with Crippen molar-refractivity contribution in [3.8, 4) is 0 Å². The van der Waals surface area contributed by atoms with E-state index in [2.05, 4.69) is 11.7 Å². The van der Waals surface area contributed by atoms with Crippen LogP contribution in [0.5, 0.6) is 0 Å². The Bertz CT molecular complexity index is 223. The summed E-state index contributed by atoms with van der Waals surface area (Å²) in [5, 5.41) is 0. The van der Waals surface area contributed by atoms with Gasteiger partial charge in [-0.25, -0.2) is 4.79 Å². The largest absolute Gasteiger partial charge is 0.462 e. The van der Waals surface area contributed by atoms with Crippen LogP contribution in [0.3, 0.4) is 0 Å². The molecule has 0 aliphatic heterocycles. The maximum Gasteiger partial charge on any atom is 0.332 e. The molecule has 0 aliphatic rings. The van der Waals surface area contributed by atoms with E-state index < -0.39 is 5.97 Å². The molecule has 0 heterocycles. The van der Waals surface area contributed by atoms with Crippen LogP contribution in [0, 0.1) is 0 Å². The minimum absolute atomic E-state index is 0.0351. The Labute approximate surface area is 126 Å². The third-order valence-electron chi connectivity index (χ3n) is 2.22. The van der Waals surface area contributed by atoms with Crippen LogP contribution in [-0.4, -0.2) is 79.1 Å². The van der Waals surface area contributed by atoms with Gasteiger partial charge in [0.05, 0.1) is 46.2 Å². The zero-order valence-electron chi connectivity index (χ0n) is 13.1. The number of carbonyl (C=O) groups is 1. The van der Waals surface area contributed by atoms with Crippen LogP contribution in [0.15, 0.2) is 0 Å². The van der Waals surface area contributed by atoms with Crippen molar-refractivity contribution in [2.75, 3.05) is 73.2 Å². The molecule has 0 aromatic rings. The van der Waals surface area contributed by atoms with Crippen LogP contribution in [0.1, 0.15) is 13.3 Å². The third kappa shape index (κ3) is 17.2. The molecular formula is C14H28O7. The number of methoxy groups -OCH3 is 1. The van der Waals surface area contributed by atoms with Crippen molar-refractivity contribution in [2.24, 2.45) is 0 Å². The number of hydrogen-bond acceptors (Lipinski definition) is 7. The monoisotopic (exact) mass is 308 g/mol. The van der Waals surface area contributed by atoms with E-state index in [-0.39, 0.29) is 13.2 Å². The van der Waals surface area contributed by atoms with Crippen molar-refractivity contribution in [1.82, 2.24) is 0 Å². The van der Waals surface area contributed by atoms with Crippen LogP contribution in [0.2, 0.25) is 0 Å². The van der Waals surface area contributed by atoms with Crippen molar-refractivity contribution >= 4 is 5.97 Å². The van der Waals surface area contributed by atoms with E-state index in [1.165, 1.54) is 7.11 Å². The molecule has 7 nitrogen and oxygen atoms in total. The molecule has 0 atom stereocenters. The molecule has 126 valence electrons. The van der Waals surface area contributed by atoms with Crippen molar-refractivity contribution < 1.29 is 33.2 Å². The molecule has 0 aliphatic carbocycles. The lowest BCUT2D eigenvalue weighted by molar-refractivity contribution is -0.149. The van der Waals surface area contributed by atoms with Crippen LogP contribution in [0.25, 0.3) is 0 Å². The van der Waals surface area contributed by atoms with Crippen LogP contribution in [-0.2, 0) is 33.2 Å². The molecule has 0 saturated carbocycles. The molecule has 7 heteroatoms. The van der Waals surface area contributed by atoms with E-state index in [1.807, 2.05) is 0 Å². The van der Waals surface area contributed by atoms with Gasteiger partial charge in [0.2, 0.25) is 0 Å². The molecule has 0 N–H and O–H groups in total. The number of rotatable bonds is 16. The molecule has 0 amide bonds. The van der Waals surface area contributed by atoms with Gasteiger partial charge in [-0.05, 0) is 6.42 Å². The van der Waals surface area contributed by atoms with Crippen molar-refractivity contribution in [3.05, 3.63) is 0 Å². The Morgan fingerprint density at radius 1 is 0.714 bits per heavy atom. The quantitative estimate of drug-likeness (QED) is 0.306. The molecule has 0 spiro atoms. The fourth-order valence-electron chi connectivity index (χ4n) is 1.28. The highest BCUT2D eigenvalue weighted by Gasteiger charge is 2.00. The predicted molar refractivity (Wildman–Crippen MR) is 76.4 cm³/mol. The summed E-state index contributed by atoms with van der Waals surface area (Å²) >= 11 is 0. The third-order valence-corrected chi connectivity index (χ3v) is 2.22. The van der Waals surface area contributed by atoms with Gasteiger partial charge in [-0.15, -0.1) is 0 Å². The Balaban J connectivity index is 3.01. The van der Waals surface area contributed by atoms with Gasteiger partial charge >= 0.3 is 5.97 Å². The lowest BCUT2D eigenvalue weighted by Gasteiger charge is -2.07. The molecule has 0 fully saturated rings. The second-order valence-corrected chi connectivity index (χ2v) is 4.10. The fourth-order valence-corrected chi connectivity index (χ4v) is 1.28.